The molecule has 6 heteroatoms. The predicted octanol–water partition coefficient (Wildman–Crippen LogP) is 5.28. The van der Waals surface area contributed by atoms with Crippen LogP contribution >= 0.6 is 11.8 Å². The van der Waals surface area contributed by atoms with E-state index in [1.165, 1.54) is 0 Å². The molecule has 3 aromatic carbocycles. The summed E-state index contributed by atoms with van der Waals surface area (Å²) in [5.41, 5.74) is 0.892. The lowest BCUT2D eigenvalue weighted by Crippen LogP contribution is -1.98. The zero-order valence-corrected chi connectivity index (χ0v) is 16.2. The van der Waals surface area contributed by atoms with E-state index in [-0.39, 0.29) is 4.91 Å². The van der Waals surface area contributed by atoms with Crippen LogP contribution in [0.3, 0.4) is 0 Å². The van der Waals surface area contributed by atoms with Crippen LogP contribution in [0.25, 0.3) is 27.6 Å². The first-order valence-corrected chi connectivity index (χ1v) is 9.92. The van der Waals surface area contributed by atoms with Gasteiger partial charge in [-0.15, -0.1) is 5.10 Å². The summed E-state index contributed by atoms with van der Waals surface area (Å²) in [6.45, 7) is 2.06. The molecule has 28 heavy (non-hydrogen) atoms. The van der Waals surface area contributed by atoms with Gasteiger partial charge in [-0.05, 0) is 57.4 Å². The van der Waals surface area contributed by atoms with Gasteiger partial charge in [-0.3, -0.25) is 5.10 Å². The first-order valence-electron chi connectivity index (χ1n) is 9.10. The van der Waals surface area contributed by atoms with Gasteiger partial charge in [0, 0.05) is 6.42 Å². The summed E-state index contributed by atoms with van der Waals surface area (Å²) in [5, 5.41) is 21.4. The molecule has 0 spiro atoms. The number of thioether (sulfide) groups is 1. The molecule has 0 saturated carbocycles. The molecule has 0 saturated heterocycles. The van der Waals surface area contributed by atoms with Crippen molar-refractivity contribution in [1.82, 2.24) is 15.2 Å². The van der Waals surface area contributed by atoms with E-state index >= 15 is 0 Å². The van der Waals surface area contributed by atoms with E-state index in [1.807, 2.05) is 48.5 Å². The van der Waals surface area contributed by atoms with E-state index in [2.05, 4.69) is 28.2 Å². The van der Waals surface area contributed by atoms with Crippen molar-refractivity contribution in [1.29, 1.82) is 0 Å². The second kappa shape index (κ2) is 7.86. The largest absolute Gasteiger partial charge is 0.477 e. The van der Waals surface area contributed by atoms with Gasteiger partial charge < -0.3 is 5.11 Å². The van der Waals surface area contributed by atoms with Gasteiger partial charge in [0.2, 0.25) is 5.16 Å². The molecule has 0 atom stereocenters. The number of hydrogen-bond donors (Lipinski definition) is 2. The molecule has 5 nitrogen and oxygen atoms in total. The fourth-order valence-electron chi connectivity index (χ4n) is 3.24. The molecule has 0 aliphatic carbocycles. The Morgan fingerprint density at radius 1 is 1.11 bits per heavy atom. The Kier molecular flexibility index (Phi) is 5.12. The topological polar surface area (TPSA) is 78.9 Å². The van der Waals surface area contributed by atoms with Crippen molar-refractivity contribution in [3.8, 4) is 0 Å². The molecule has 1 heterocycles. The van der Waals surface area contributed by atoms with Gasteiger partial charge in [0.15, 0.2) is 0 Å². The summed E-state index contributed by atoms with van der Waals surface area (Å²) < 4.78 is 0. The van der Waals surface area contributed by atoms with Gasteiger partial charge in [-0.1, -0.05) is 55.5 Å². The fourth-order valence-corrected chi connectivity index (χ4v) is 3.95. The normalized spacial score (nSPS) is 12.0. The van der Waals surface area contributed by atoms with Crippen LogP contribution in [0.15, 0.2) is 64.7 Å². The number of aliphatic carboxylic acids is 1. The van der Waals surface area contributed by atoms with Crippen LogP contribution in [0.5, 0.6) is 0 Å². The van der Waals surface area contributed by atoms with E-state index in [9.17, 15) is 9.90 Å². The van der Waals surface area contributed by atoms with Crippen molar-refractivity contribution in [2.75, 3.05) is 0 Å². The molecule has 1 aromatic heterocycles. The third-order valence-electron chi connectivity index (χ3n) is 4.50. The van der Waals surface area contributed by atoms with Crippen molar-refractivity contribution in [2.24, 2.45) is 0 Å². The number of carboxylic acid groups (broad SMARTS) is 1. The van der Waals surface area contributed by atoms with Crippen LogP contribution in [-0.2, 0) is 11.2 Å². The number of carboxylic acids is 1. The quantitative estimate of drug-likeness (QED) is 0.266. The molecule has 0 aliphatic rings. The highest BCUT2D eigenvalue weighted by molar-refractivity contribution is 8.04. The Morgan fingerprint density at radius 2 is 1.75 bits per heavy atom. The van der Waals surface area contributed by atoms with E-state index in [0.29, 0.717) is 5.16 Å². The summed E-state index contributed by atoms with van der Waals surface area (Å²) in [6, 6.07) is 18.1. The van der Waals surface area contributed by atoms with E-state index in [0.717, 1.165) is 57.5 Å². The number of nitrogens with one attached hydrogen (secondary N) is 1. The minimum Gasteiger partial charge on any atom is -0.477 e. The molecule has 0 bridgehead atoms. The second-order valence-corrected chi connectivity index (χ2v) is 7.47. The standard InChI is InChI=1S/C22H19N3O2S/c1-2-7-20-23-22(25-24-20)28-19(21(26)27)13-18-16-10-5-3-8-14(16)12-15-9-4-6-11-17(15)18/h3-6,8-13H,2,7H2,1H3,(H,26,27)(H,23,24,25)/b19-13-. The first-order chi connectivity index (χ1) is 13.7. The lowest BCUT2D eigenvalue weighted by Gasteiger charge is -2.09. The Morgan fingerprint density at radius 3 is 2.36 bits per heavy atom. The maximum absolute atomic E-state index is 12.0. The number of aromatic nitrogens is 3. The van der Waals surface area contributed by atoms with Crippen LogP contribution in [0.4, 0.5) is 0 Å². The minimum atomic E-state index is -0.996. The average Bonchev–Trinajstić information content (AvgIpc) is 3.14. The summed E-state index contributed by atoms with van der Waals surface area (Å²) in [5.74, 6) is -0.228. The van der Waals surface area contributed by atoms with Crippen molar-refractivity contribution in [3.63, 3.8) is 0 Å². The molecule has 4 rings (SSSR count). The van der Waals surface area contributed by atoms with Crippen LogP contribution in [0.1, 0.15) is 24.7 Å². The monoisotopic (exact) mass is 389 g/mol. The van der Waals surface area contributed by atoms with E-state index in [4.69, 9.17) is 0 Å². The van der Waals surface area contributed by atoms with E-state index < -0.39 is 5.97 Å². The smallest absolute Gasteiger partial charge is 0.342 e. The maximum Gasteiger partial charge on any atom is 0.342 e. The van der Waals surface area contributed by atoms with Gasteiger partial charge in [-0.25, -0.2) is 9.78 Å². The van der Waals surface area contributed by atoms with Crippen molar-refractivity contribution in [2.45, 2.75) is 24.9 Å². The molecule has 2 N–H and O–H groups in total. The van der Waals surface area contributed by atoms with Gasteiger partial charge >= 0.3 is 5.97 Å². The Hall–Kier alpha value is -3.12. The SMILES string of the molecule is CCCc1nc(S/C(=C\c2c3ccccc3cc3ccccc23)C(=O)O)n[nH]1. The first kappa shape index (κ1) is 18.3. The maximum atomic E-state index is 12.0. The summed E-state index contributed by atoms with van der Waals surface area (Å²) in [4.78, 5) is 16.5. The van der Waals surface area contributed by atoms with Gasteiger partial charge in [0.25, 0.3) is 0 Å². The molecule has 4 aromatic rings. The average molecular weight is 389 g/mol. The molecular weight excluding hydrogens is 370 g/mol. The zero-order valence-electron chi connectivity index (χ0n) is 15.3. The van der Waals surface area contributed by atoms with Crippen LogP contribution < -0.4 is 0 Å². The number of aromatic amines is 1. The van der Waals surface area contributed by atoms with Crippen molar-refractivity contribution < 1.29 is 9.90 Å². The highest BCUT2D eigenvalue weighted by Crippen LogP contribution is 2.33. The summed E-state index contributed by atoms with van der Waals surface area (Å²) >= 11 is 1.06. The fraction of sp³-hybridized carbons (Fsp3) is 0.136. The molecular formula is C22H19N3O2S. The lowest BCUT2D eigenvalue weighted by molar-refractivity contribution is -0.131. The number of aryl methyl sites for hydroxylation is 1. The third-order valence-corrected chi connectivity index (χ3v) is 5.38. The highest BCUT2D eigenvalue weighted by atomic mass is 32.2. The molecule has 0 amide bonds. The highest BCUT2D eigenvalue weighted by Gasteiger charge is 2.15. The lowest BCUT2D eigenvalue weighted by atomic mass is 9.96. The van der Waals surface area contributed by atoms with Crippen LogP contribution in [0.2, 0.25) is 0 Å². The molecule has 0 unspecified atom stereocenters. The molecule has 0 radical (unpaired) electrons. The summed E-state index contributed by atoms with van der Waals surface area (Å²) in [7, 11) is 0. The number of hydrogen-bond acceptors (Lipinski definition) is 4. The minimum absolute atomic E-state index is 0.184. The number of nitrogens with zero attached hydrogens (tertiary/aromatic N) is 2. The molecule has 0 fully saturated rings. The Balaban J connectivity index is 1.85. The molecule has 140 valence electrons. The molecule has 0 aliphatic heterocycles. The number of fused-ring (bicyclic) bond motifs is 2. The van der Waals surface area contributed by atoms with Crippen molar-refractivity contribution in [3.05, 3.63) is 70.9 Å². The summed E-state index contributed by atoms with van der Waals surface area (Å²) in [6.07, 6.45) is 3.46. The number of benzene rings is 3. The predicted molar refractivity (Wildman–Crippen MR) is 113 cm³/mol. The second-order valence-electron chi connectivity index (χ2n) is 6.46. The third kappa shape index (κ3) is 3.64. The Bertz CT molecular complexity index is 1140. The van der Waals surface area contributed by atoms with Gasteiger partial charge in [-0.2, -0.15) is 0 Å². The van der Waals surface area contributed by atoms with Crippen molar-refractivity contribution >= 4 is 45.4 Å². The number of carbonyl (C=O) groups is 1. The van der Waals surface area contributed by atoms with E-state index in [1.54, 1.807) is 6.08 Å². The van der Waals surface area contributed by atoms with Gasteiger partial charge in [0.1, 0.15) is 10.7 Å². The number of H-pyrrole nitrogens is 1. The van der Waals surface area contributed by atoms with Gasteiger partial charge in [0.05, 0.1) is 0 Å². The zero-order chi connectivity index (χ0) is 19.5. The Labute approximate surface area is 166 Å². The van der Waals surface area contributed by atoms with Crippen LogP contribution in [-0.4, -0.2) is 26.3 Å². The van der Waals surface area contributed by atoms with Crippen LogP contribution in [0, 0.1) is 0 Å². The number of rotatable bonds is 6.